The van der Waals surface area contributed by atoms with Crippen molar-refractivity contribution in [3.05, 3.63) is 41.5 Å². The van der Waals surface area contributed by atoms with E-state index in [0.29, 0.717) is 0 Å². The van der Waals surface area contributed by atoms with Crippen LogP contribution in [0.2, 0.25) is 0 Å². The molecule has 2 nitrogen and oxygen atoms in total. The minimum atomic E-state index is -0.322. The van der Waals surface area contributed by atoms with Crippen LogP contribution < -0.4 is 4.74 Å². The number of benzene rings is 1. The summed E-state index contributed by atoms with van der Waals surface area (Å²) in [6.07, 6.45) is 0.790. The molecule has 1 aromatic carbocycles. The molecule has 0 fully saturated rings. The van der Waals surface area contributed by atoms with E-state index in [-0.39, 0.29) is 11.4 Å². The molecule has 1 unspecified atom stereocenters. The smallest absolute Gasteiger partial charge is 0.159 e. The van der Waals surface area contributed by atoms with Crippen LogP contribution in [0.4, 0.5) is 0 Å². The van der Waals surface area contributed by atoms with Crippen LogP contribution >= 0.6 is 0 Å². The third kappa shape index (κ3) is 1.64. The van der Waals surface area contributed by atoms with Crippen molar-refractivity contribution >= 4 is 5.78 Å². The Labute approximate surface area is 95.9 Å². The van der Waals surface area contributed by atoms with Crippen molar-refractivity contribution in [1.82, 2.24) is 0 Å². The van der Waals surface area contributed by atoms with Crippen LogP contribution in [-0.4, -0.2) is 11.4 Å². The van der Waals surface area contributed by atoms with Crippen molar-refractivity contribution in [2.45, 2.75) is 32.8 Å². The molecule has 0 aromatic heterocycles. The number of carbonyl (C=O) groups excluding carboxylic acids is 1. The van der Waals surface area contributed by atoms with Crippen LogP contribution in [0.5, 0.6) is 5.75 Å². The van der Waals surface area contributed by atoms with Gasteiger partial charge in [0.2, 0.25) is 0 Å². The zero-order valence-electron chi connectivity index (χ0n) is 9.96. The number of ketones is 1. The topological polar surface area (TPSA) is 26.3 Å². The summed E-state index contributed by atoms with van der Waals surface area (Å²) >= 11 is 0. The Balaban J connectivity index is 2.38. The van der Waals surface area contributed by atoms with Gasteiger partial charge in [-0.2, -0.15) is 0 Å². The number of hydrogen-bond acceptors (Lipinski definition) is 2. The van der Waals surface area contributed by atoms with E-state index in [0.717, 1.165) is 28.9 Å². The lowest BCUT2D eigenvalue weighted by Crippen LogP contribution is -2.30. The lowest BCUT2D eigenvalue weighted by molar-refractivity contribution is 0.101. The summed E-state index contributed by atoms with van der Waals surface area (Å²) in [5.74, 6) is 0.960. The van der Waals surface area contributed by atoms with Gasteiger partial charge >= 0.3 is 0 Å². The second-order valence-corrected chi connectivity index (χ2v) is 4.67. The summed E-state index contributed by atoms with van der Waals surface area (Å²) in [5, 5.41) is 0. The van der Waals surface area contributed by atoms with Gasteiger partial charge in [-0.15, -0.1) is 0 Å². The highest BCUT2D eigenvalue weighted by Gasteiger charge is 2.35. The monoisotopic (exact) mass is 216 g/mol. The maximum atomic E-state index is 11.3. The van der Waals surface area contributed by atoms with E-state index < -0.39 is 0 Å². The Morgan fingerprint density at radius 1 is 1.44 bits per heavy atom. The summed E-state index contributed by atoms with van der Waals surface area (Å²) < 4.78 is 5.88. The first-order valence-corrected chi connectivity index (χ1v) is 5.41. The van der Waals surface area contributed by atoms with Crippen LogP contribution in [-0.2, 0) is 6.42 Å². The Kier molecular flexibility index (Phi) is 2.38. The molecular weight excluding hydrogens is 200 g/mol. The maximum Gasteiger partial charge on any atom is 0.159 e. The molecule has 0 spiro atoms. The van der Waals surface area contributed by atoms with Gasteiger partial charge in [-0.25, -0.2) is 0 Å². The van der Waals surface area contributed by atoms with E-state index in [9.17, 15) is 4.79 Å². The molecule has 2 rings (SSSR count). The summed E-state index contributed by atoms with van der Waals surface area (Å²) in [5.41, 5.74) is 2.53. The van der Waals surface area contributed by atoms with Gasteiger partial charge in [0.1, 0.15) is 11.4 Å². The molecule has 0 saturated carbocycles. The minimum absolute atomic E-state index is 0.0896. The number of carbonyl (C=O) groups is 1. The van der Waals surface area contributed by atoms with Crippen LogP contribution in [0.3, 0.4) is 0 Å². The zero-order valence-corrected chi connectivity index (χ0v) is 9.96. The molecule has 84 valence electrons. The van der Waals surface area contributed by atoms with E-state index in [1.165, 1.54) is 0 Å². The summed E-state index contributed by atoms with van der Waals surface area (Å²) in [4.78, 5) is 11.3. The van der Waals surface area contributed by atoms with Crippen molar-refractivity contribution in [1.29, 1.82) is 0 Å². The van der Waals surface area contributed by atoms with Gasteiger partial charge in [0, 0.05) is 12.0 Å². The van der Waals surface area contributed by atoms with Crippen molar-refractivity contribution in [3.63, 3.8) is 0 Å². The Morgan fingerprint density at radius 3 is 2.69 bits per heavy atom. The first kappa shape index (κ1) is 10.9. The highest BCUT2D eigenvalue weighted by atomic mass is 16.5. The van der Waals surface area contributed by atoms with Crippen molar-refractivity contribution < 1.29 is 9.53 Å². The third-order valence-corrected chi connectivity index (χ3v) is 3.23. The molecular formula is C14H16O2. The van der Waals surface area contributed by atoms with Crippen molar-refractivity contribution in [2.24, 2.45) is 0 Å². The Bertz CT molecular complexity index is 474. The Hall–Kier alpha value is -1.57. The number of fused-ring (bicyclic) bond motifs is 1. The summed E-state index contributed by atoms with van der Waals surface area (Å²) in [6, 6.07) is 5.61. The number of rotatable bonds is 2. The molecule has 0 N–H and O–H groups in total. The van der Waals surface area contributed by atoms with E-state index in [1.807, 2.05) is 32.0 Å². The molecule has 0 bridgehead atoms. The van der Waals surface area contributed by atoms with Gasteiger partial charge in [-0.3, -0.25) is 4.79 Å². The SMILES string of the molecule is C=C(C)C1(C)Cc2cc(C(C)=O)ccc2O1. The van der Waals surface area contributed by atoms with E-state index >= 15 is 0 Å². The lowest BCUT2D eigenvalue weighted by Gasteiger charge is -2.23. The summed E-state index contributed by atoms with van der Waals surface area (Å²) in [7, 11) is 0. The molecule has 1 atom stereocenters. The van der Waals surface area contributed by atoms with Gasteiger partial charge in [0.05, 0.1) is 0 Å². The van der Waals surface area contributed by atoms with Crippen LogP contribution in [0.25, 0.3) is 0 Å². The van der Waals surface area contributed by atoms with E-state index in [4.69, 9.17) is 4.74 Å². The van der Waals surface area contributed by atoms with Crippen LogP contribution in [0.1, 0.15) is 36.7 Å². The number of hydrogen-bond donors (Lipinski definition) is 0. The fourth-order valence-corrected chi connectivity index (χ4v) is 1.92. The first-order chi connectivity index (χ1) is 7.42. The predicted molar refractivity (Wildman–Crippen MR) is 64.0 cm³/mol. The second kappa shape index (κ2) is 3.48. The fourth-order valence-electron chi connectivity index (χ4n) is 1.92. The maximum absolute atomic E-state index is 11.3. The third-order valence-electron chi connectivity index (χ3n) is 3.23. The van der Waals surface area contributed by atoms with E-state index in [2.05, 4.69) is 6.58 Å². The van der Waals surface area contributed by atoms with Gasteiger partial charge in [-0.05, 0) is 50.1 Å². The quantitative estimate of drug-likeness (QED) is 0.560. The molecule has 0 radical (unpaired) electrons. The molecule has 1 aliphatic heterocycles. The molecule has 2 heteroatoms. The standard InChI is InChI=1S/C14H16O2/c1-9(2)14(4)8-12-7-11(10(3)15)5-6-13(12)16-14/h5-7H,1,8H2,2-4H3. The normalized spacial score (nSPS) is 22.4. The fraction of sp³-hybridized carbons (Fsp3) is 0.357. The van der Waals surface area contributed by atoms with Gasteiger partial charge in [0.25, 0.3) is 0 Å². The highest BCUT2D eigenvalue weighted by molar-refractivity contribution is 5.94. The number of Topliss-reactive ketones (excluding diaryl/α,β-unsaturated/α-hetero) is 1. The van der Waals surface area contributed by atoms with Gasteiger partial charge in [0.15, 0.2) is 5.78 Å². The first-order valence-electron chi connectivity index (χ1n) is 5.41. The number of ether oxygens (including phenoxy) is 1. The molecule has 0 saturated heterocycles. The second-order valence-electron chi connectivity index (χ2n) is 4.67. The molecule has 0 aliphatic carbocycles. The molecule has 1 heterocycles. The predicted octanol–water partition coefficient (Wildman–Crippen LogP) is 3.16. The highest BCUT2D eigenvalue weighted by Crippen LogP contribution is 2.38. The van der Waals surface area contributed by atoms with Crippen LogP contribution in [0, 0.1) is 0 Å². The molecule has 1 aliphatic rings. The largest absolute Gasteiger partial charge is 0.483 e. The van der Waals surface area contributed by atoms with Crippen molar-refractivity contribution in [2.75, 3.05) is 0 Å². The van der Waals surface area contributed by atoms with Crippen LogP contribution in [0.15, 0.2) is 30.4 Å². The van der Waals surface area contributed by atoms with Crippen molar-refractivity contribution in [3.8, 4) is 5.75 Å². The minimum Gasteiger partial charge on any atom is -0.483 e. The molecule has 0 amide bonds. The molecule has 1 aromatic rings. The van der Waals surface area contributed by atoms with Gasteiger partial charge < -0.3 is 4.74 Å². The molecule has 16 heavy (non-hydrogen) atoms. The van der Waals surface area contributed by atoms with E-state index in [1.54, 1.807) is 6.92 Å². The zero-order chi connectivity index (χ0) is 11.9. The lowest BCUT2D eigenvalue weighted by atomic mass is 9.92. The average Bonchev–Trinajstić information content (AvgIpc) is 2.54. The summed E-state index contributed by atoms with van der Waals surface area (Å²) in [6.45, 7) is 9.54. The van der Waals surface area contributed by atoms with Gasteiger partial charge in [-0.1, -0.05) is 6.58 Å². The average molecular weight is 216 g/mol. The Morgan fingerprint density at radius 2 is 2.12 bits per heavy atom.